The molecule has 0 aromatic heterocycles. The van der Waals surface area contributed by atoms with Gasteiger partial charge in [0.15, 0.2) is 23.0 Å². The number of piperazine rings is 1. The zero-order valence-electron chi connectivity index (χ0n) is 23.9. The van der Waals surface area contributed by atoms with Crippen LogP contribution < -0.4 is 19.1 Å². The zero-order chi connectivity index (χ0) is 30.0. The molecular weight excluding hydrogens is 578 g/mol. The van der Waals surface area contributed by atoms with Gasteiger partial charge in [0, 0.05) is 43.3 Å². The Labute approximate surface area is 260 Å². The molecule has 0 atom stereocenters. The Kier molecular flexibility index (Phi) is 7.68. The predicted molar refractivity (Wildman–Crippen MR) is 168 cm³/mol. The largest absolute Gasteiger partial charge is 0.454 e. The molecule has 0 spiro atoms. The summed E-state index contributed by atoms with van der Waals surface area (Å²) in [5.41, 5.74) is 4.21. The van der Waals surface area contributed by atoms with Crippen LogP contribution in [0.1, 0.15) is 27.0 Å². The highest BCUT2D eigenvalue weighted by molar-refractivity contribution is 6.30. The lowest BCUT2D eigenvalue weighted by Crippen LogP contribution is -2.48. The highest BCUT2D eigenvalue weighted by Crippen LogP contribution is 2.37. The van der Waals surface area contributed by atoms with Crippen molar-refractivity contribution in [3.63, 3.8) is 0 Å². The Morgan fingerprint density at radius 1 is 0.773 bits per heavy atom. The van der Waals surface area contributed by atoms with Crippen LogP contribution in [0.25, 0.3) is 6.08 Å². The molecule has 4 aromatic rings. The number of carbonyl (C=O) groups excluding carboxylic acids is 2. The molecule has 3 heterocycles. The van der Waals surface area contributed by atoms with E-state index < -0.39 is 0 Å². The number of fused-ring (bicyclic) bond motifs is 2. The molecule has 222 valence electrons. The maximum atomic E-state index is 13.6. The smallest absolute Gasteiger partial charge is 0.294 e. The van der Waals surface area contributed by atoms with Crippen molar-refractivity contribution >= 4 is 35.2 Å². The maximum Gasteiger partial charge on any atom is 0.294 e. The monoisotopic (exact) mass is 607 g/mol. The first-order chi connectivity index (χ1) is 21.5. The normalized spacial score (nSPS) is 17.0. The van der Waals surface area contributed by atoms with Crippen LogP contribution in [0.2, 0.25) is 5.02 Å². The number of ether oxygens (including phenoxy) is 3. The van der Waals surface area contributed by atoms with Gasteiger partial charge in [-0.25, -0.2) is 0 Å². The summed E-state index contributed by atoms with van der Waals surface area (Å²) >= 11 is 6.06. The van der Waals surface area contributed by atoms with E-state index in [2.05, 4.69) is 11.0 Å². The average molecular weight is 608 g/mol. The molecule has 2 amide bonds. The van der Waals surface area contributed by atoms with Crippen LogP contribution in [0.4, 0.5) is 5.69 Å². The lowest BCUT2D eigenvalue weighted by molar-refractivity contribution is -0.117. The molecule has 3 aliphatic rings. The van der Waals surface area contributed by atoms with Crippen molar-refractivity contribution in [3.05, 3.63) is 124 Å². The van der Waals surface area contributed by atoms with Gasteiger partial charge in [0.05, 0.1) is 12.2 Å². The number of nitrogens with zero attached hydrogens (tertiary/aromatic N) is 3. The minimum Gasteiger partial charge on any atom is -0.454 e. The summed E-state index contributed by atoms with van der Waals surface area (Å²) in [6, 6.07) is 28.3. The molecule has 1 fully saturated rings. The molecule has 8 nitrogen and oxygen atoms in total. The fourth-order valence-corrected chi connectivity index (χ4v) is 5.78. The first-order valence-corrected chi connectivity index (χ1v) is 14.9. The molecule has 0 N–H and O–H groups in total. The molecule has 4 aromatic carbocycles. The number of benzene rings is 4. The number of carbonyl (C=O) groups is 2. The van der Waals surface area contributed by atoms with Crippen molar-refractivity contribution in [1.29, 1.82) is 0 Å². The topological polar surface area (TPSA) is 71.6 Å². The molecule has 0 bridgehead atoms. The molecular formula is C35H30ClN3O5. The van der Waals surface area contributed by atoms with Crippen molar-refractivity contribution in [2.45, 2.75) is 13.1 Å². The van der Waals surface area contributed by atoms with Gasteiger partial charge < -0.3 is 19.1 Å². The quantitative estimate of drug-likeness (QED) is 0.251. The van der Waals surface area contributed by atoms with Gasteiger partial charge in [-0.3, -0.25) is 19.4 Å². The second kappa shape index (κ2) is 12.1. The number of rotatable bonds is 6. The Balaban J connectivity index is 1.00. The summed E-state index contributed by atoms with van der Waals surface area (Å²) in [5.74, 6) is 2.16. The predicted octanol–water partition coefficient (Wildman–Crippen LogP) is 5.99. The van der Waals surface area contributed by atoms with Gasteiger partial charge in [-0.2, -0.15) is 0 Å². The summed E-state index contributed by atoms with van der Waals surface area (Å²) in [7, 11) is 0. The Hall–Kier alpha value is -4.79. The number of halogens is 1. The molecule has 0 radical (unpaired) electrons. The van der Waals surface area contributed by atoms with Crippen LogP contribution in [0.15, 0.2) is 96.8 Å². The summed E-state index contributed by atoms with van der Waals surface area (Å²) in [6.07, 6.45) is 1.72. The van der Waals surface area contributed by atoms with E-state index in [1.807, 2.05) is 77.7 Å². The minimum atomic E-state index is -0.238. The van der Waals surface area contributed by atoms with Gasteiger partial charge in [-0.15, -0.1) is 0 Å². The number of amides is 2. The Bertz CT molecular complexity index is 1730. The van der Waals surface area contributed by atoms with Gasteiger partial charge in [0.2, 0.25) is 6.79 Å². The lowest BCUT2D eigenvalue weighted by Gasteiger charge is -2.34. The van der Waals surface area contributed by atoms with E-state index in [9.17, 15) is 9.59 Å². The average Bonchev–Trinajstić information content (AvgIpc) is 3.52. The first-order valence-electron chi connectivity index (χ1n) is 14.6. The Morgan fingerprint density at radius 2 is 1.50 bits per heavy atom. The SMILES string of the molecule is O=C(c1ccc(/C=C2\Oc3ccccc3N(Cc3ccc(Cl)cc3)C2=O)cc1)N1CCN(Cc2ccc3c(c2)OCO3)CC1. The minimum absolute atomic E-state index is 0.00000707. The van der Waals surface area contributed by atoms with E-state index in [-0.39, 0.29) is 24.4 Å². The summed E-state index contributed by atoms with van der Waals surface area (Å²) < 4.78 is 16.9. The van der Waals surface area contributed by atoms with Gasteiger partial charge in [-0.05, 0) is 71.3 Å². The van der Waals surface area contributed by atoms with Crippen molar-refractivity contribution in [2.24, 2.45) is 0 Å². The third kappa shape index (κ3) is 5.86. The third-order valence-electron chi connectivity index (χ3n) is 8.04. The molecule has 7 rings (SSSR count). The number of hydrogen-bond donors (Lipinski definition) is 0. The molecule has 0 saturated carbocycles. The molecule has 0 unspecified atom stereocenters. The molecule has 0 aliphatic carbocycles. The van der Waals surface area contributed by atoms with Crippen LogP contribution in [-0.4, -0.2) is 54.6 Å². The van der Waals surface area contributed by atoms with Gasteiger partial charge in [0.25, 0.3) is 11.8 Å². The van der Waals surface area contributed by atoms with Gasteiger partial charge in [-0.1, -0.05) is 54.1 Å². The van der Waals surface area contributed by atoms with Crippen molar-refractivity contribution in [3.8, 4) is 17.2 Å². The van der Waals surface area contributed by atoms with Crippen LogP contribution in [0, 0.1) is 0 Å². The van der Waals surface area contributed by atoms with Crippen molar-refractivity contribution < 1.29 is 23.8 Å². The van der Waals surface area contributed by atoms with E-state index in [0.29, 0.717) is 41.7 Å². The van der Waals surface area contributed by atoms with E-state index in [1.165, 1.54) is 0 Å². The second-order valence-electron chi connectivity index (χ2n) is 11.0. The fraction of sp³-hybridized carbons (Fsp3) is 0.200. The van der Waals surface area contributed by atoms with E-state index in [0.717, 1.165) is 47.8 Å². The van der Waals surface area contributed by atoms with Crippen molar-refractivity contribution in [2.75, 3.05) is 37.9 Å². The second-order valence-corrected chi connectivity index (χ2v) is 11.4. The van der Waals surface area contributed by atoms with Crippen LogP contribution in [0.3, 0.4) is 0 Å². The van der Waals surface area contributed by atoms with Crippen LogP contribution in [0.5, 0.6) is 17.2 Å². The van der Waals surface area contributed by atoms with E-state index in [1.54, 1.807) is 23.1 Å². The van der Waals surface area contributed by atoms with Crippen LogP contribution in [-0.2, 0) is 17.9 Å². The number of hydrogen-bond acceptors (Lipinski definition) is 6. The highest BCUT2D eigenvalue weighted by atomic mass is 35.5. The summed E-state index contributed by atoms with van der Waals surface area (Å²) in [6.45, 7) is 4.33. The van der Waals surface area contributed by atoms with Crippen molar-refractivity contribution in [1.82, 2.24) is 9.80 Å². The lowest BCUT2D eigenvalue weighted by atomic mass is 10.1. The number of para-hydroxylation sites is 2. The maximum absolute atomic E-state index is 13.6. The van der Waals surface area contributed by atoms with E-state index >= 15 is 0 Å². The molecule has 3 aliphatic heterocycles. The van der Waals surface area contributed by atoms with Gasteiger partial charge in [0.1, 0.15) is 0 Å². The summed E-state index contributed by atoms with van der Waals surface area (Å²) in [5, 5.41) is 0.643. The first kappa shape index (κ1) is 28.0. The zero-order valence-corrected chi connectivity index (χ0v) is 24.7. The fourth-order valence-electron chi connectivity index (χ4n) is 5.65. The van der Waals surface area contributed by atoms with Crippen LogP contribution >= 0.6 is 11.6 Å². The third-order valence-corrected chi connectivity index (χ3v) is 8.30. The molecule has 9 heteroatoms. The standard InChI is InChI=1S/C35H30ClN3O5/c36-28-12-7-25(8-13-28)22-39-29-3-1-2-4-30(29)44-33(35(39)41)19-24-5-10-27(11-6-24)34(40)38-17-15-37(16-18-38)21-26-9-14-31-32(20-26)43-23-42-31/h1-14,19-20H,15-18,21-23H2/b33-19-. The highest BCUT2D eigenvalue weighted by Gasteiger charge is 2.30. The van der Waals surface area contributed by atoms with Gasteiger partial charge >= 0.3 is 0 Å². The molecule has 44 heavy (non-hydrogen) atoms. The Morgan fingerprint density at radius 3 is 2.30 bits per heavy atom. The molecule has 1 saturated heterocycles. The number of anilines is 1. The summed E-state index contributed by atoms with van der Waals surface area (Å²) in [4.78, 5) is 32.8. The van der Waals surface area contributed by atoms with E-state index in [4.69, 9.17) is 25.8 Å².